The van der Waals surface area contributed by atoms with Gasteiger partial charge in [-0.2, -0.15) is 0 Å². The van der Waals surface area contributed by atoms with Gasteiger partial charge in [-0.25, -0.2) is 18.2 Å². The third-order valence-corrected chi connectivity index (χ3v) is 7.52. The highest BCUT2D eigenvalue weighted by atomic mass is 32.2. The number of hydrogen-bond acceptors (Lipinski definition) is 7. The van der Waals surface area contributed by atoms with Gasteiger partial charge in [-0.3, -0.25) is 4.72 Å². The number of rotatable bonds is 9. The van der Waals surface area contributed by atoms with Crippen LogP contribution in [0.2, 0.25) is 0 Å². The molecule has 0 saturated heterocycles. The number of hydrogen-bond donors (Lipinski definition) is 1. The van der Waals surface area contributed by atoms with Gasteiger partial charge in [0.1, 0.15) is 17.4 Å². The van der Waals surface area contributed by atoms with Crippen LogP contribution in [-0.4, -0.2) is 26.0 Å². The van der Waals surface area contributed by atoms with Crippen molar-refractivity contribution in [1.82, 2.24) is 4.98 Å². The van der Waals surface area contributed by atoms with Gasteiger partial charge in [0, 0.05) is 16.6 Å². The van der Waals surface area contributed by atoms with Crippen LogP contribution in [0, 0.1) is 6.92 Å². The number of carbonyl (C=O) groups is 1. The number of nitrogens with one attached hydrogen (secondary N) is 1. The fraction of sp³-hybridized carbons (Fsp3) is 0.154. The number of aromatic nitrogens is 1. The molecule has 1 N–H and O–H groups in total. The molecule has 0 aliphatic heterocycles. The Morgan fingerprint density at radius 1 is 1.03 bits per heavy atom. The Morgan fingerprint density at radius 3 is 2.49 bits per heavy atom. The standard InChI is InChI=1S/C26H24N2O5S2/c1-3-32-23-13-11-21(12-14-23)28-35(30,31)24-15-20(10-9-18(24)2)26(29)33-16-22-17-34-25(27-22)19-7-5-4-6-8-19/h4-15,17,28H,3,16H2,1-2H3. The van der Waals surface area contributed by atoms with E-state index in [1.165, 1.54) is 17.4 Å². The highest BCUT2D eigenvalue weighted by Crippen LogP contribution is 2.25. The molecule has 0 spiro atoms. The van der Waals surface area contributed by atoms with Gasteiger partial charge in [0.25, 0.3) is 10.0 Å². The predicted octanol–water partition coefficient (Wildman–Crippen LogP) is 5.68. The molecule has 0 amide bonds. The Morgan fingerprint density at radius 2 is 1.77 bits per heavy atom. The summed E-state index contributed by atoms with van der Waals surface area (Å²) in [5.41, 5.74) is 2.65. The van der Waals surface area contributed by atoms with Crippen molar-refractivity contribution in [3.8, 4) is 16.3 Å². The van der Waals surface area contributed by atoms with Gasteiger partial charge >= 0.3 is 5.97 Å². The maximum Gasteiger partial charge on any atom is 0.338 e. The summed E-state index contributed by atoms with van der Waals surface area (Å²) >= 11 is 1.46. The summed E-state index contributed by atoms with van der Waals surface area (Å²) in [6.45, 7) is 4.05. The topological polar surface area (TPSA) is 94.6 Å². The fourth-order valence-corrected chi connectivity index (χ4v) is 5.46. The van der Waals surface area contributed by atoms with Crippen molar-refractivity contribution in [1.29, 1.82) is 0 Å². The van der Waals surface area contributed by atoms with Crippen LogP contribution in [0.1, 0.15) is 28.5 Å². The summed E-state index contributed by atoms with van der Waals surface area (Å²) in [4.78, 5) is 17.2. The molecular formula is C26H24N2O5S2. The second-order valence-electron chi connectivity index (χ2n) is 7.63. The van der Waals surface area contributed by atoms with Gasteiger partial charge in [-0.1, -0.05) is 36.4 Å². The zero-order valence-corrected chi connectivity index (χ0v) is 20.9. The number of aryl methyl sites for hydroxylation is 1. The van der Waals surface area contributed by atoms with E-state index >= 15 is 0 Å². The van der Waals surface area contributed by atoms with E-state index in [-0.39, 0.29) is 17.1 Å². The van der Waals surface area contributed by atoms with Crippen molar-refractivity contribution in [2.75, 3.05) is 11.3 Å². The first kappa shape index (κ1) is 24.4. The fourth-order valence-electron chi connectivity index (χ4n) is 3.32. The third-order valence-electron chi connectivity index (χ3n) is 5.05. The number of carbonyl (C=O) groups excluding carboxylic acids is 1. The first-order valence-electron chi connectivity index (χ1n) is 10.9. The monoisotopic (exact) mass is 508 g/mol. The second-order valence-corrected chi connectivity index (χ2v) is 10.1. The van der Waals surface area contributed by atoms with Crippen molar-refractivity contribution in [3.05, 3.63) is 95.0 Å². The first-order valence-corrected chi connectivity index (χ1v) is 13.3. The average molecular weight is 509 g/mol. The Kier molecular flexibility index (Phi) is 7.48. The van der Waals surface area contributed by atoms with E-state index in [1.807, 2.05) is 42.6 Å². The molecule has 4 aromatic rings. The lowest BCUT2D eigenvalue weighted by molar-refractivity contribution is 0.0468. The number of ether oxygens (including phenoxy) is 2. The van der Waals surface area contributed by atoms with Gasteiger partial charge in [0.05, 0.1) is 22.8 Å². The molecule has 0 atom stereocenters. The molecule has 0 bridgehead atoms. The van der Waals surface area contributed by atoms with Crippen LogP contribution >= 0.6 is 11.3 Å². The molecule has 35 heavy (non-hydrogen) atoms. The maximum atomic E-state index is 13.0. The molecule has 180 valence electrons. The zero-order valence-electron chi connectivity index (χ0n) is 19.2. The summed E-state index contributed by atoms with van der Waals surface area (Å²) in [5, 5.41) is 2.67. The molecule has 9 heteroatoms. The Hall–Kier alpha value is -3.69. The van der Waals surface area contributed by atoms with E-state index in [1.54, 1.807) is 43.3 Å². The quantitative estimate of drug-likeness (QED) is 0.293. The molecule has 0 aliphatic rings. The van der Waals surface area contributed by atoms with Gasteiger partial charge < -0.3 is 9.47 Å². The second kappa shape index (κ2) is 10.7. The van der Waals surface area contributed by atoms with Crippen molar-refractivity contribution in [2.24, 2.45) is 0 Å². The Bertz CT molecular complexity index is 1420. The van der Waals surface area contributed by atoms with Gasteiger partial charge in [0.15, 0.2) is 0 Å². The van der Waals surface area contributed by atoms with E-state index in [4.69, 9.17) is 9.47 Å². The van der Waals surface area contributed by atoms with E-state index in [0.717, 1.165) is 10.6 Å². The van der Waals surface area contributed by atoms with Crippen LogP contribution in [0.25, 0.3) is 10.6 Å². The number of nitrogens with zero attached hydrogens (tertiary/aromatic N) is 1. The SMILES string of the molecule is CCOc1ccc(NS(=O)(=O)c2cc(C(=O)OCc3csc(-c4ccccc4)n3)ccc2C)cc1. The Labute approximate surface area is 208 Å². The normalized spacial score (nSPS) is 11.1. The van der Waals surface area contributed by atoms with Gasteiger partial charge in [0.2, 0.25) is 0 Å². The largest absolute Gasteiger partial charge is 0.494 e. The van der Waals surface area contributed by atoms with Crippen molar-refractivity contribution in [2.45, 2.75) is 25.3 Å². The van der Waals surface area contributed by atoms with Crippen LogP contribution in [0.5, 0.6) is 5.75 Å². The highest BCUT2D eigenvalue weighted by molar-refractivity contribution is 7.92. The van der Waals surface area contributed by atoms with Crippen LogP contribution in [0.15, 0.2) is 83.1 Å². The van der Waals surface area contributed by atoms with Crippen molar-refractivity contribution in [3.63, 3.8) is 0 Å². The van der Waals surface area contributed by atoms with Crippen LogP contribution in [-0.2, 0) is 21.4 Å². The number of anilines is 1. The molecule has 4 rings (SSSR count). The predicted molar refractivity (Wildman–Crippen MR) is 136 cm³/mol. The van der Waals surface area contributed by atoms with Crippen LogP contribution < -0.4 is 9.46 Å². The summed E-state index contributed by atoms with van der Waals surface area (Å²) in [6, 6.07) is 20.8. The number of thiazole rings is 1. The van der Waals surface area contributed by atoms with Crippen molar-refractivity contribution < 1.29 is 22.7 Å². The van der Waals surface area contributed by atoms with Crippen LogP contribution in [0.4, 0.5) is 5.69 Å². The van der Waals surface area contributed by atoms with E-state index in [0.29, 0.717) is 29.3 Å². The lowest BCUT2D eigenvalue weighted by Crippen LogP contribution is -2.15. The third kappa shape index (κ3) is 6.06. The minimum Gasteiger partial charge on any atom is -0.494 e. The minimum absolute atomic E-state index is 0.000793. The molecule has 0 saturated carbocycles. The van der Waals surface area contributed by atoms with E-state index in [9.17, 15) is 13.2 Å². The summed E-state index contributed by atoms with van der Waals surface area (Å²) in [6.07, 6.45) is 0. The lowest BCUT2D eigenvalue weighted by Gasteiger charge is -2.12. The lowest BCUT2D eigenvalue weighted by atomic mass is 10.1. The number of benzene rings is 3. The Balaban J connectivity index is 1.45. The van der Waals surface area contributed by atoms with Crippen LogP contribution in [0.3, 0.4) is 0 Å². The molecule has 0 unspecified atom stereocenters. The zero-order chi connectivity index (χ0) is 24.8. The average Bonchev–Trinajstić information content (AvgIpc) is 3.34. The summed E-state index contributed by atoms with van der Waals surface area (Å²) in [7, 11) is -3.93. The number of sulfonamides is 1. The molecule has 3 aromatic carbocycles. The molecule has 0 fully saturated rings. The molecule has 0 aliphatic carbocycles. The van der Waals surface area contributed by atoms with Gasteiger partial charge in [-0.15, -0.1) is 11.3 Å². The molecule has 0 radical (unpaired) electrons. The van der Waals surface area contributed by atoms with E-state index in [2.05, 4.69) is 9.71 Å². The van der Waals surface area contributed by atoms with Gasteiger partial charge in [-0.05, 0) is 55.8 Å². The summed E-state index contributed by atoms with van der Waals surface area (Å²) < 4.78 is 39.4. The first-order chi connectivity index (χ1) is 16.9. The molecular weight excluding hydrogens is 484 g/mol. The highest BCUT2D eigenvalue weighted by Gasteiger charge is 2.20. The summed E-state index contributed by atoms with van der Waals surface area (Å²) in [5.74, 6) is 0.0177. The maximum absolute atomic E-state index is 13.0. The smallest absolute Gasteiger partial charge is 0.338 e. The molecule has 1 aromatic heterocycles. The molecule has 7 nitrogen and oxygen atoms in total. The number of esters is 1. The molecule has 1 heterocycles. The van der Waals surface area contributed by atoms with Crippen molar-refractivity contribution >= 4 is 33.0 Å². The minimum atomic E-state index is -3.93. The van der Waals surface area contributed by atoms with E-state index < -0.39 is 16.0 Å².